The van der Waals surface area contributed by atoms with Crippen molar-refractivity contribution in [2.75, 3.05) is 23.3 Å². The summed E-state index contributed by atoms with van der Waals surface area (Å²) in [6, 6.07) is 12.3. The van der Waals surface area contributed by atoms with Gasteiger partial charge in [-0.3, -0.25) is 0 Å². The van der Waals surface area contributed by atoms with Crippen LogP contribution in [0.25, 0.3) is 0 Å². The Hall–Kier alpha value is -1.78. The number of aryl methyl sites for hydroxylation is 2. The fourth-order valence-electron chi connectivity index (χ4n) is 3.87. The molecule has 0 saturated carbocycles. The Morgan fingerprint density at radius 3 is 2.32 bits per heavy atom. The predicted octanol–water partition coefficient (Wildman–Crippen LogP) is 4.53. The van der Waals surface area contributed by atoms with Gasteiger partial charge in [0.1, 0.15) is 0 Å². The maximum absolute atomic E-state index is 5.91. The molecule has 0 spiro atoms. The SMILES string of the molecule is S=C(NCc1cc2c3c(c1)CCCN3CCC2)Nc1ccc(Cl)cc1. The molecule has 5 heteroatoms. The van der Waals surface area contributed by atoms with Gasteiger partial charge in [0.05, 0.1) is 0 Å². The zero-order chi connectivity index (χ0) is 17.2. The van der Waals surface area contributed by atoms with Gasteiger partial charge in [-0.2, -0.15) is 0 Å². The van der Waals surface area contributed by atoms with Crippen molar-refractivity contribution in [1.82, 2.24) is 5.32 Å². The number of nitrogens with zero attached hydrogens (tertiary/aromatic N) is 1. The summed E-state index contributed by atoms with van der Waals surface area (Å²) in [5.74, 6) is 0. The fraction of sp³-hybridized carbons (Fsp3) is 0.350. The maximum atomic E-state index is 5.91. The fourth-order valence-corrected chi connectivity index (χ4v) is 4.18. The number of hydrogen-bond donors (Lipinski definition) is 2. The molecule has 3 nitrogen and oxygen atoms in total. The number of rotatable bonds is 3. The van der Waals surface area contributed by atoms with Gasteiger partial charge in [-0.25, -0.2) is 0 Å². The van der Waals surface area contributed by atoms with Crippen LogP contribution < -0.4 is 15.5 Å². The molecule has 0 radical (unpaired) electrons. The Balaban J connectivity index is 1.43. The summed E-state index contributed by atoms with van der Waals surface area (Å²) in [5, 5.41) is 7.88. The summed E-state index contributed by atoms with van der Waals surface area (Å²) >= 11 is 11.3. The van der Waals surface area contributed by atoms with E-state index in [0.29, 0.717) is 5.11 Å². The van der Waals surface area contributed by atoms with Gasteiger partial charge in [0.25, 0.3) is 0 Å². The lowest BCUT2D eigenvalue weighted by molar-refractivity contribution is 0.632. The highest BCUT2D eigenvalue weighted by Crippen LogP contribution is 2.36. The van der Waals surface area contributed by atoms with E-state index in [9.17, 15) is 0 Å². The van der Waals surface area contributed by atoms with E-state index in [1.807, 2.05) is 24.3 Å². The molecule has 0 unspecified atom stereocenters. The summed E-state index contributed by atoms with van der Waals surface area (Å²) in [5.41, 5.74) is 6.80. The second-order valence-corrected chi connectivity index (χ2v) is 7.62. The van der Waals surface area contributed by atoms with Gasteiger partial charge in [0, 0.05) is 36.0 Å². The van der Waals surface area contributed by atoms with Gasteiger partial charge in [-0.05, 0) is 78.9 Å². The van der Waals surface area contributed by atoms with E-state index >= 15 is 0 Å². The number of hydrogen-bond acceptors (Lipinski definition) is 2. The number of thiocarbonyl (C=S) groups is 1. The second-order valence-electron chi connectivity index (χ2n) is 6.77. The Morgan fingerprint density at radius 1 is 1.04 bits per heavy atom. The van der Waals surface area contributed by atoms with Gasteiger partial charge >= 0.3 is 0 Å². The Kier molecular flexibility index (Phi) is 4.82. The van der Waals surface area contributed by atoms with Crippen molar-refractivity contribution in [3.05, 3.63) is 58.1 Å². The molecule has 130 valence electrons. The normalized spacial score (nSPS) is 15.5. The minimum atomic E-state index is 0.635. The lowest BCUT2D eigenvalue weighted by atomic mass is 9.90. The smallest absolute Gasteiger partial charge is 0.171 e. The van der Waals surface area contributed by atoms with Crippen LogP contribution in [0.1, 0.15) is 29.5 Å². The molecule has 0 amide bonds. The van der Waals surface area contributed by atoms with E-state index in [2.05, 4.69) is 27.7 Å². The van der Waals surface area contributed by atoms with Crippen LogP contribution in [0.4, 0.5) is 11.4 Å². The molecule has 0 fully saturated rings. The second kappa shape index (κ2) is 7.22. The summed E-state index contributed by atoms with van der Waals surface area (Å²) in [7, 11) is 0. The molecule has 2 aromatic rings. The largest absolute Gasteiger partial charge is 0.371 e. The molecule has 4 rings (SSSR count). The van der Waals surface area contributed by atoms with Crippen LogP contribution >= 0.6 is 23.8 Å². The third-order valence-electron chi connectivity index (χ3n) is 4.95. The van der Waals surface area contributed by atoms with Crippen LogP contribution in [0, 0.1) is 0 Å². The van der Waals surface area contributed by atoms with Crippen LogP contribution in [0.2, 0.25) is 5.02 Å². The molecule has 2 aromatic carbocycles. The molecule has 2 heterocycles. The van der Waals surface area contributed by atoms with E-state index in [1.54, 1.807) is 0 Å². The van der Waals surface area contributed by atoms with Gasteiger partial charge in [-0.1, -0.05) is 23.7 Å². The van der Waals surface area contributed by atoms with Crippen LogP contribution in [0.15, 0.2) is 36.4 Å². The first-order valence-electron chi connectivity index (χ1n) is 8.89. The monoisotopic (exact) mass is 371 g/mol. The van der Waals surface area contributed by atoms with Crippen molar-refractivity contribution in [2.24, 2.45) is 0 Å². The molecule has 0 aromatic heterocycles. The summed E-state index contributed by atoms with van der Waals surface area (Å²) in [6.07, 6.45) is 4.92. The van der Waals surface area contributed by atoms with Crippen LogP contribution in [-0.2, 0) is 19.4 Å². The van der Waals surface area contributed by atoms with E-state index in [4.69, 9.17) is 23.8 Å². The van der Waals surface area contributed by atoms with Crippen LogP contribution in [-0.4, -0.2) is 18.2 Å². The average molecular weight is 372 g/mol. The third-order valence-corrected chi connectivity index (χ3v) is 5.45. The quantitative estimate of drug-likeness (QED) is 0.775. The summed E-state index contributed by atoms with van der Waals surface area (Å²) in [4.78, 5) is 2.57. The highest BCUT2D eigenvalue weighted by Gasteiger charge is 2.24. The minimum Gasteiger partial charge on any atom is -0.371 e. The lowest BCUT2D eigenvalue weighted by Crippen LogP contribution is -2.35. The highest BCUT2D eigenvalue weighted by molar-refractivity contribution is 7.80. The molecular formula is C20H22ClN3S. The number of halogens is 1. The van der Waals surface area contributed by atoms with Gasteiger partial charge < -0.3 is 15.5 Å². The van der Waals surface area contributed by atoms with Crippen molar-refractivity contribution >= 4 is 40.3 Å². The third kappa shape index (κ3) is 3.75. The zero-order valence-electron chi connectivity index (χ0n) is 14.1. The molecule has 0 saturated heterocycles. The maximum Gasteiger partial charge on any atom is 0.171 e. The molecule has 0 atom stereocenters. The Bertz CT molecular complexity index is 757. The van der Waals surface area contributed by atoms with Crippen molar-refractivity contribution in [3.63, 3.8) is 0 Å². The molecule has 2 aliphatic rings. The van der Waals surface area contributed by atoms with Gasteiger partial charge in [0.15, 0.2) is 5.11 Å². The zero-order valence-corrected chi connectivity index (χ0v) is 15.7. The Labute approximate surface area is 159 Å². The molecule has 2 N–H and O–H groups in total. The first-order valence-corrected chi connectivity index (χ1v) is 9.68. The van der Waals surface area contributed by atoms with Gasteiger partial charge in [-0.15, -0.1) is 0 Å². The first-order chi connectivity index (χ1) is 12.2. The van der Waals surface area contributed by atoms with Crippen molar-refractivity contribution < 1.29 is 0 Å². The Morgan fingerprint density at radius 2 is 1.68 bits per heavy atom. The summed E-state index contributed by atoms with van der Waals surface area (Å²) < 4.78 is 0. The lowest BCUT2D eigenvalue weighted by Gasteiger charge is -2.37. The van der Waals surface area contributed by atoms with E-state index < -0.39 is 0 Å². The van der Waals surface area contributed by atoms with Crippen LogP contribution in [0.3, 0.4) is 0 Å². The summed E-state index contributed by atoms with van der Waals surface area (Å²) in [6.45, 7) is 3.18. The van der Waals surface area contributed by atoms with E-state index in [1.165, 1.54) is 61.2 Å². The minimum absolute atomic E-state index is 0.635. The van der Waals surface area contributed by atoms with E-state index in [-0.39, 0.29) is 0 Å². The number of benzene rings is 2. The number of anilines is 2. The molecular weight excluding hydrogens is 350 g/mol. The number of nitrogens with one attached hydrogen (secondary N) is 2. The standard InChI is InChI=1S/C20H22ClN3S/c21-17-5-7-18(8-6-17)23-20(25)22-13-14-11-15-3-1-9-24-10-2-4-16(12-14)19(15)24/h5-8,11-12H,1-4,9-10,13H2,(H2,22,23,25). The van der Waals surface area contributed by atoms with Crippen molar-refractivity contribution in [3.8, 4) is 0 Å². The van der Waals surface area contributed by atoms with Crippen LogP contribution in [0.5, 0.6) is 0 Å². The van der Waals surface area contributed by atoms with Crippen molar-refractivity contribution in [1.29, 1.82) is 0 Å². The van der Waals surface area contributed by atoms with Gasteiger partial charge in [0.2, 0.25) is 0 Å². The first kappa shape index (κ1) is 16.7. The molecule has 2 aliphatic heterocycles. The topological polar surface area (TPSA) is 27.3 Å². The predicted molar refractivity (Wildman–Crippen MR) is 110 cm³/mol. The van der Waals surface area contributed by atoms with E-state index in [0.717, 1.165) is 17.3 Å². The molecule has 25 heavy (non-hydrogen) atoms. The van der Waals surface area contributed by atoms with Crippen molar-refractivity contribution in [2.45, 2.75) is 32.2 Å². The molecule has 0 aliphatic carbocycles. The highest BCUT2D eigenvalue weighted by atomic mass is 35.5. The molecule has 0 bridgehead atoms. The average Bonchev–Trinajstić information content (AvgIpc) is 2.62.